The van der Waals surface area contributed by atoms with E-state index in [0.29, 0.717) is 25.2 Å². The highest BCUT2D eigenvalue weighted by molar-refractivity contribution is 5.75. The van der Waals surface area contributed by atoms with Crippen LogP contribution in [0.15, 0.2) is 48.5 Å². The van der Waals surface area contributed by atoms with Gasteiger partial charge in [0.05, 0.1) is 12.2 Å². The molecule has 0 saturated carbocycles. The van der Waals surface area contributed by atoms with Crippen molar-refractivity contribution in [3.63, 3.8) is 0 Å². The minimum Gasteiger partial charge on any atom is -0.373 e. The van der Waals surface area contributed by atoms with Crippen molar-refractivity contribution in [2.45, 2.75) is 65.3 Å². The lowest BCUT2D eigenvalue weighted by atomic mass is 10.1. The Hall–Kier alpha value is -2.17. The van der Waals surface area contributed by atoms with Gasteiger partial charge in [0.2, 0.25) is 5.91 Å². The van der Waals surface area contributed by atoms with Crippen LogP contribution in [0.25, 0.3) is 0 Å². The maximum absolute atomic E-state index is 12.1. The highest BCUT2D eigenvalue weighted by atomic mass is 16.5. The fourth-order valence-electron chi connectivity index (χ4n) is 3.93. The molecule has 1 aliphatic rings. The van der Waals surface area contributed by atoms with Crippen molar-refractivity contribution < 1.29 is 9.53 Å². The number of aryl methyl sites for hydroxylation is 2. The molecule has 3 rings (SSSR count). The summed E-state index contributed by atoms with van der Waals surface area (Å²) < 4.78 is 5.80. The first-order chi connectivity index (χ1) is 14.0. The number of morpholine rings is 1. The third-order valence-electron chi connectivity index (χ3n) is 5.40. The predicted octanol–water partition coefficient (Wildman–Crippen LogP) is 4.24. The Morgan fingerprint density at radius 3 is 2.21 bits per heavy atom. The SMILES string of the molecule is Cc1ccc(CCCC(=O)NCc2ccc(CN3C[C@@H](C)O[C@H](C)C3)cc2)cc1. The molecule has 4 heteroatoms. The average Bonchev–Trinajstić information content (AvgIpc) is 2.68. The number of amides is 1. The van der Waals surface area contributed by atoms with E-state index in [-0.39, 0.29) is 5.91 Å². The molecule has 1 heterocycles. The molecule has 0 spiro atoms. The van der Waals surface area contributed by atoms with Crippen molar-refractivity contribution in [1.82, 2.24) is 10.2 Å². The van der Waals surface area contributed by atoms with Gasteiger partial charge in [-0.3, -0.25) is 9.69 Å². The average molecular weight is 395 g/mol. The van der Waals surface area contributed by atoms with Crippen LogP contribution in [0.4, 0.5) is 0 Å². The van der Waals surface area contributed by atoms with Gasteiger partial charge in [-0.25, -0.2) is 0 Å². The molecule has 1 aliphatic heterocycles. The normalized spacial score (nSPS) is 19.8. The van der Waals surface area contributed by atoms with Gasteiger partial charge in [0.1, 0.15) is 0 Å². The monoisotopic (exact) mass is 394 g/mol. The summed E-state index contributed by atoms with van der Waals surface area (Å²) >= 11 is 0. The van der Waals surface area contributed by atoms with Crippen molar-refractivity contribution in [1.29, 1.82) is 0 Å². The molecule has 0 aliphatic carbocycles. The van der Waals surface area contributed by atoms with E-state index in [1.54, 1.807) is 0 Å². The summed E-state index contributed by atoms with van der Waals surface area (Å²) in [4.78, 5) is 14.6. The Labute approximate surface area is 175 Å². The van der Waals surface area contributed by atoms with Crippen LogP contribution in [0.3, 0.4) is 0 Å². The third-order valence-corrected chi connectivity index (χ3v) is 5.40. The van der Waals surface area contributed by atoms with Crippen molar-refractivity contribution in [3.05, 3.63) is 70.8 Å². The first-order valence-electron chi connectivity index (χ1n) is 10.8. The van der Waals surface area contributed by atoms with Gasteiger partial charge in [0, 0.05) is 32.6 Å². The molecule has 0 aromatic heterocycles. The van der Waals surface area contributed by atoms with E-state index < -0.39 is 0 Å². The zero-order valence-corrected chi connectivity index (χ0v) is 18.0. The Morgan fingerprint density at radius 1 is 0.966 bits per heavy atom. The number of ether oxygens (including phenoxy) is 1. The number of benzene rings is 2. The van der Waals surface area contributed by atoms with Gasteiger partial charge in [-0.1, -0.05) is 54.1 Å². The van der Waals surface area contributed by atoms with E-state index in [4.69, 9.17) is 4.74 Å². The number of nitrogens with one attached hydrogen (secondary N) is 1. The molecule has 1 amide bonds. The Bertz CT molecular complexity index is 760. The van der Waals surface area contributed by atoms with Gasteiger partial charge in [-0.05, 0) is 50.3 Å². The minimum absolute atomic E-state index is 0.123. The maximum atomic E-state index is 12.1. The molecule has 156 valence electrons. The molecule has 2 aromatic carbocycles. The first kappa shape index (κ1) is 21.5. The van der Waals surface area contributed by atoms with Gasteiger partial charge in [0.25, 0.3) is 0 Å². The van der Waals surface area contributed by atoms with Crippen LogP contribution in [-0.2, 0) is 29.0 Å². The summed E-state index contributed by atoms with van der Waals surface area (Å²) in [5, 5.41) is 3.04. The lowest BCUT2D eigenvalue weighted by molar-refractivity contribution is -0.121. The highest BCUT2D eigenvalue weighted by Crippen LogP contribution is 2.15. The number of hydrogen-bond donors (Lipinski definition) is 1. The van der Waals surface area contributed by atoms with Gasteiger partial charge in [0.15, 0.2) is 0 Å². The molecular weight excluding hydrogens is 360 g/mol. The molecule has 1 saturated heterocycles. The van der Waals surface area contributed by atoms with Gasteiger partial charge in [-0.2, -0.15) is 0 Å². The van der Waals surface area contributed by atoms with E-state index in [1.807, 2.05) is 0 Å². The summed E-state index contributed by atoms with van der Waals surface area (Å²) in [7, 11) is 0. The lowest BCUT2D eigenvalue weighted by Gasteiger charge is -2.35. The Kier molecular flexibility index (Phi) is 7.84. The highest BCUT2D eigenvalue weighted by Gasteiger charge is 2.21. The summed E-state index contributed by atoms with van der Waals surface area (Å²) in [6.45, 7) is 9.85. The first-order valence-corrected chi connectivity index (χ1v) is 10.8. The summed E-state index contributed by atoms with van der Waals surface area (Å²) in [6, 6.07) is 17.1. The molecule has 0 bridgehead atoms. The van der Waals surface area contributed by atoms with Crippen molar-refractivity contribution in [3.8, 4) is 0 Å². The van der Waals surface area contributed by atoms with Crippen molar-refractivity contribution >= 4 is 5.91 Å². The van der Waals surface area contributed by atoms with E-state index in [2.05, 4.69) is 79.5 Å². The van der Waals surface area contributed by atoms with Crippen LogP contribution in [0, 0.1) is 6.92 Å². The quantitative estimate of drug-likeness (QED) is 0.728. The molecule has 1 fully saturated rings. The molecule has 2 aromatic rings. The molecular formula is C25H34N2O2. The number of carbonyl (C=O) groups is 1. The minimum atomic E-state index is 0.123. The maximum Gasteiger partial charge on any atom is 0.220 e. The second kappa shape index (κ2) is 10.6. The second-order valence-corrected chi connectivity index (χ2v) is 8.38. The fraction of sp³-hybridized carbons (Fsp3) is 0.480. The topological polar surface area (TPSA) is 41.6 Å². The Balaban J connectivity index is 1.37. The van der Waals surface area contributed by atoms with Crippen LogP contribution >= 0.6 is 0 Å². The van der Waals surface area contributed by atoms with Gasteiger partial charge in [-0.15, -0.1) is 0 Å². The largest absolute Gasteiger partial charge is 0.373 e. The van der Waals surface area contributed by atoms with Gasteiger partial charge < -0.3 is 10.1 Å². The second-order valence-electron chi connectivity index (χ2n) is 8.38. The fourth-order valence-corrected chi connectivity index (χ4v) is 3.93. The third kappa shape index (κ3) is 7.30. The molecule has 0 radical (unpaired) electrons. The van der Waals surface area contributed by atoms with Crippen LogP contribution in [0.5, 0.6) is 0 Å². The standard InChI is InChI=1S/C25H34N2O2/c1-19-7-9-22(10-8-19)5-4-6-25(28)26-15-23-11-13-24(14-12-23)18-27-16-20(2)29-21(3)17-27/h7-14,20-21H,4-6,15-18H2,1-3H3,(H,26,28)/t20-,21-/m1/s1. The van der Waals surface area contributed by atoms with Crippen LogP contribution in [0.1, 0.15) is 48.9 Å². The summed E-state index contributed by atoms with van der Waals surface area (Å²) in [6.07, 6.45) is 2.98. The lowest BCUT2D eigenvalue weighted by Crippen LogP contribution is -2.44. The summed E-state index contributed by atoms with van der Waals surface area (Å²) in [5.74, 6) is 0.123. The van der Waals surface area contributed by atoms with Crippen LogP contribution in [0.2, 0.25) is 0 Å². The number of nitrogens with zero attached hydrogens (tertiary/aromatic N) is 1. The molecule has 4 nitrogen and oxygen atoms in total. The van der Waals surface area contributed by atoms with Crippen LogP contribution in [-0.4, -0.2) is 36.1 Å². The van der Waals surface area contributed by atoms with E-state index in [9.17, 15) is 4.79 Å². The number of hydrogen-bond acceptors (Lipinski definition) is 3. The van der Waals surface area contributed by atoms with Crippen molar-refractivity contribution in [2.75, 3.05) is 13.1 Å². The number of rotatable bonds is 8. The van der Waals surface area contributed by atoms with Crippen molar-refractivity contribution in [2.24, 2.45) is 0 Å². The van der Waals surface area contributed by atoms with Crippen LogP contribution < -0.4 is 5.32 Å². The van der Waals surface area contributed by atoms with E-state index >= 15 is 0 Å². The van der Waals surface area contributed by atoms with E-state index in [0.717, 1.165) is 38.0 Å². The molecule has 1 N–H and O–H groups in total. The zero-order chi connectivity index (χ0) is 20.6. The predicted molar refractivity (Wildman–Crippen MR) is 118 cm³/mol. The number of carbonyl (C=O) groups excluding carboxylic acids is 1. The van der Waals surface area contributed by atoms with E-state index in [1.165, 1.54) is 16.7 Å². The Morgan fingerprint density at radius 2 is 1.55 bits per heavy atom. The molecule has 0 unspecified atom stereocenters. The summed E-state index contributed by atoms with van der Waals surface area (Å²) in [5.41, 5.74) is 5.01. The smallest absolute Gasteiger partial charge is 0.220 e. The molecule has 2 atom stereocenters. The zero-order valence-electron chi connectivity index (χ0n) is 18.0. The van der Waals surface area contributed by atoms with Gasteiger partial charge >= 0.3 is 0 Å². The molecule has 29 heavy (non-hydrogen) atoms.